The Labute approximate surface area is 177 Å². The van der Waals surface area contributed by atoms with Crippen molar-refractivity contribution in [2.24, 2.45) is 0 Å². The van der Waals surface area contributed by atoms with Gasteiger partial charge in [-0.3, -0.25) is 4.79 Å². The maximum absolute atomic E-state index is 13.3. The minimum absolute atomic E-state index is 0.113. The molecule has 148 valence electrons. The zero-order valence-electron chi connectivity index (χ0n) is 15.6. The molecule has 0 aliphatic rings. The van der Waals surface area contributed by atoms with Crippen LogP contribution in [0.25, 0.3) is 22.5 Å². The van der Waals surface area contributed by atoms with Crippen molar-refractivity contribution in [2.45, 2.75) is 0 Å². The summed E-state index contributed by atoms with van der Waals surface area (Å²) in [5, 5.41) is 2.67. The molecule has 0 fully saturated rings. The minimum Gasteiger partial charge on any atom is -0.322 e. The van der Waals surface area contributed by atoms with Crippen LogP contribution >= 0.6 is 11.6 Å². The summed E-state index contributed by atoms with van der Waals surface area (Å²) in [6, 6.07) is 22.7. The van der Waals surface area contributed by atoms with Gasteiger partial charge in [-0.25, -0.2) is 13.8 Å². The molecule has 0 spiro atoms. The molecule has 1 aromatic heterocycles. The number of benzene rings is 3. The van der Waals surface area contributed by atoms with Gasteiger partial charge in [0, 0.05) is 22.4 Å². The summed E-state index contributed by atoms with van der Waals surface area (Å²) in [6.07, 6.45) is 0. The van der Waals surface area contributed by atoms with E-state index in [4.69, 9.17) is 11.6 Å². The van der Waals surface area contributed by atoms with E-state index in [1.54, 1.807) is 30.3 Å². The lowest BCUT2D eigenvalue weighted by molar-refractivity contribution is 0.102. The second-order valence-corrected chi connectivity index (χ2v) is 6.99. The van der Waals surface area contributed by atoms with E-state index in [2.05, 4.69) is 10.3 Å². The predicted octanol–water partition coefficient (Wildman–Crippen LogP) is 6.60. The van der Waals surface area contributed by atoms with E-state index in [0.29, 0.717) is 17.1 Å². The molecule has 0 aliphatic heterocycles. The molecule has 0 unspecified atom stereocenters. The van der Waals surface area contributed by atoms with E-state index in [1.807, 2.05) is 24.3 Å². The normalized spacial score (nSPS) is 10.6. The third-order valence-corrected chi connectivity index (χ3v) is 4.78. The molecule has 0 atom stereocenters. The zero-order chi connectivity index (χ0) is 21.1. The highest BCUT2D eigenvalue weighted by Crippen LogP contribution is 2.25. The largest absolute Gasteiger partial charge is 0.322 e. The monoisotopic (exact) mass is 420 g/mol. The Morgan fingerprint density at radius 3 is 2.23 bits per heavy atom. The Morgan fingerprint density at radius 2 is 1.50 bits per heavy atom. The fourth-order valence-electron chi connectivity index (χ4n) is 2.97. The van der Waals surface area contributed by atoms with Crippen LogP contribution in [0.4, 0.5) is 14.5 Å². The highest BCUT2D eigenvalue weighted by atomic mass is 35.5. The van der Waals surface area contributed by atoms with Gasteiger partial charge in [0.1, 0.15) is 11.6 Å². The maximum Gasteiger partial charge on any atom is 0.255 e. The molecule has 1 amide bonds. The summed E-state index contributed by atoms with van der Waals surface area (Å²) in [5.74, 6) is -1.29. The van der Waals surface area contributed by atoms with Crippen LogP contribution in [0.3, 0.4) is 0 Å². The summed E-state index contributed by atoms with van der Waals surface area (Å²) in [4.78, 5) is 17.1. The van der Waals surface area contributed by atoms with Crippen LogP contribution in [0.5, 0.6) is 0 Å². The van der Waals surface area contributed by atoms with E-state index < -0.39 is 11.7 Å². The van der Waals surface area contributed by atoms with E-state index in [0.717, 1.165) is 17.2 Å². The van der Waals surface area contributed by atoms with Crippen molar-refractivity contribution < 1.29 is 13.6 Å². The number of pyridine rings is 1. The Balaban J connectivity index is 1.59. The van der Waals surface area contributed by atoms with Gasteiger partial charge in [-0.1, -0.05) is 29.8 Å². The molecule has 3 nitrogen and oxygen atoms in total. The van der Waals surface area contributed by atoms with Gasteiger partial charge in [0.05, 0.1) is 16.4 Å². The molecule has 4 rings (SSSR count). The predicted molar refractivity (Wildman–Crippen MR) is 114 cm³/mol. The Kier molecular flexibility index (Phi) is 5.55. The second kappa shape index (κ2) is 8.43. The first-order valence-corrected chi connectivity index (χ1v) is 9.47. The lowest BCUT2D eigenvalue weighted by Crippen LogP contribution is -2.12. The highest BCUT2D eigenvalue weighted by molar-refractivity contribution is 6.31. The summed E-state index contributed by atoms with van der Waals surface area (Å²) < 4.78 is 26.5. The third-order valence-electron chi connectivity index (χ3n) is 4.49. The molecule has 0 saturated heterocycles. The third kappa shape index (κ3) is 4.36. The van der Waals surface area contributed by atoms with E-state index in [9.17, 15) is 13.6 Å². The summed E-state index contributed by atoms with van der Waals surface area (Å²) >= 11 is 5.76. The smallest absolute Gasteiger partial charge is 0.255 e. The van der Waals surface area contributed by atoms with Crippen LogP contribution in [-0.2, 0) is 0 Å². The molecule has 0 aliphatic carbocycles. The van der Waals surface area contributed by atoms with E-state index in [1.165, 1.54) is 24.3 Å². The lowest BCUT2D eigenvalue weighted by atomic mass is 10.1. The average molecular weight is 421 g/mol. The number of hydrogen-bond acceptors (Lipinski definition) is 2. The molecule has 0 bridgehead atoms. The molecule has 0 radical (unpaired) electrons. The quantitative estimate of drug-likeness (QED) is 0.404. The number of anilines is 1. The number of rotatable bonds is 4. The number of nitrogens with zero attached hydrogens (tertiary/aromatic N) is 1. The number of aromatic nitrogens is 1. The average Bonchev–Trinajstić information content (AvgIpc) is 2.76. The Hall–Kier alpha value is -3.57. The molecular weight excluding hydrogens is 406 g/mol. The van der Waals surface area contributed by atoms with Crippen LogP contribution < -0.4 is 5.32 Å². The van der Waals surface area contributed by atoms with Crippen LogP contribution in [-0.4, -0.2) is 10.9 Å². The molecule has 3 aromatic carbocycles. The van der Waals surface area contributed by atoms with Gasteiger partial charge in [-0.2, -0.15) is 0 Å². The van der Waals surface area contributed by atoms with Gasteiger partial charge in [-0.15, -0.1) is 0 Å². The van der Waals surface area contributed by atoms with Crippen molar-refractivity contribution in [1.29, 1.82) is 0 Å². The molecule has 6 heteroatoms. The highest BCUT2D eigenvalue weighted by Gasteiger charge is 2.10. The van der Waals surface area contributed by atoms with E-state index in [-0.39, 0.29) is 16.4 Å². The molecular formula is C24H15ClF2N2O. The van der Waals surface area contributed by atoms with Crippen LogP contribution in [0.15, 0.2) is 84.9 Å². The molecule has 1 N–H and O–H groups in total. The summed E-state index contributed by atoms with van der Waals surface area (Å²) in [6.45, 7) is 0. The van der Waals surface area contributed by atoms with Crippen molar-refractivity contribution in [2.75, 3.05) is 5.32 Å². The van der Waals surface area contributed by atoms with Crippen molar-refractivity contribution in [3.8, 4) is 22.5 Å². The maximum atomic E-state index is 13.3. The van der Waals surface area contributed by atoms with Crippen molar-refractivity contribution in [1.82, 2.24) is 4.98 Å². The molecule has 0 saturated carbocycles. The van der Waals surface area contributed by atoms with Crippen molar-refractivity contribution in [3.05, 3.63) is 107 Å². The van der Waals surface area contributed by atoms with E-state index >= 15 is 0 Å². The van der Waals surface area contributed by atoms with Crippen LogP contribution in [0, 0.1) is 11.6 Å². The van der Waals surface area contributed by atoms with Crippen LogP contribution in [0.2, 0.25) is 5.02 Å². The molecule has 1 heterocycles. The lowest BCUT2D eigenvalue weighted by Gasteiger charge is -2.09. The number of carbonyl (C=O) groups excluding carboxylic acids is 1. The summed E-state index contributed by atoms with van der Waals surface area (Å²) in [5.41, 5.74) is 3.83. The van der Waals surface area contributed by atoms with Gasteiger partial charge in [0.2, 0.25) is 0 Å². The van der Waals surface area contributed by atoms with Gasteiger partial charge < -0.3 is 5.32 Å². The van der Waals surface area contributed by atoms with Crippen LogP contribution in [0.1, 0.15) is 10.4 Å². The fourth-order valence-corrected chi connectivity index (χ4v) is 3.15. The number of nitrogens with one attached hydrogen (secondary N) is 1. The van der Waals surface area contributed by atoms with Gasteiger partial charge >= 0.3 is 0 Å². The first kappa shape index (κ1) is 19.7. The SMILES string of the molecule is O=C(Nc1cccc(-c2cccc(-c3ccc(F)cc3)n2)c1)c1ccc(F)c(Cl)c1. The molecule has 30 heavy (non-hydrogen) atoms. The number of carbonyl (C=O) groups is 1. The molecule has 4 aromatic rings. The van der Waals surface area contributed by atoms with Gasteiger partial charge in [0.25, 0.3) is 5.91 Å². The van der Waals surface area contributed by atoms with Crippen molar-refractivity contribution in [3.63, 3.8) is 0 Å². The zero-order valence-corrected chi connectivity index (χ0v) is 16.3. The van der Waals surface area contributed by atoms with Crippen molar-refractivity contribution >= 4 is 23.2 Å². The Bertz CT molecular complexity index is 1230. The minimum atomic E-state index is -0.581. The Morgan fingerprint density at radius 1 is 0.800 bits per heavy atom. The van der Waals surface area contributed by atoms with Gasteiger partial charge in [-0.05, 0) is 66.7 Å². The second-order valence-electron chi connectivity index (χ2n) is 6.58. The number of amides is 1. The number of hydrogen-bond donors (Lipinski definition) is 1. The first-order valence-electron chi connectivity index (χ1n) is 9.09. The topological polar surface area (TPSA) is 42.0 Å². The standard InChI is InChI=1S/C24H15ClF2N2O/c25-20-14-17(9-12-21(20)27)24(30)28-19-4-1-3-16(13-19)23-6-2-5-22(29-23)15-7-10-18(26)11-8-15/h1-14H,(H,28,30). The first-order chi connectivity index (χ1) is 14.5. The summed E-state index contributed by atoms with van der Waals surface area (Å²) in [7, 11) is 0. The fraction of sp³-hybridized carbons (Fsp3) is 0. The van der Waals surface area contributed by atoms with Gasteiger partial charge in [0.15, 0.2) is 0 Å². The number of halogens is 3.